The molecule has 2 amide bonds. The fraction of sp³-hybridized carbons (Fsp3) is 0.571. The van der Waals surface area contributed by atoms with E-state index in [1.807, 2.05) is 41.5 Å². The maximum Gasteiger partial charge on any atom is 0.257 e. The van der Waals surface area contributed by atoms with Crippen molar-refractivity contribution in [3.63, 3.8) is 0 Å². The summed E-state index contributed by atoms with van der Waals surface area (Å²) in [5, 5.41) is 2.71. The lowest BCUT2D eigenvalue weighted by Crippen LogP contribution is -2.42. The molecule has 1 aromatic rings. The van der Waals surface area contributed by atoms with Crippen molar-refractivity contribution in [2.24, 2.45) is 10.9 Å². The third kappa shape index (κ3) is 3.62. The van der Waals surface area contributed by atoms with Gasteiger partial charge in [0.05, 0.1) is 11.1 Å². The maximum absolute atomic E-state index is 15.4. The molecule has 0 saturated heterocycles. The lowest BCUT2D eigenvalue weighted by Gasteiger charge is -2.31. The summed E-state index contributed by atoms with van der Waals surface area (Å²) in [5.74, 6) is -1.11. The lowest BCUT2D eigenvalue weighted by atomic mass is 9.89. The van der Waals surface area contributed by atoms with Gasteiger partial charge in [-0.15, -0.1) is 0 Å². The van der Waals surface area contributed by atoms with Gasteiger partial charge in [-0.2, -0.15) is 0 Å². The first-order valence-electron chi connectivity index (χ1n) is 9.45. The second-order valence-corrected chi connectivity index (χ2v) is 8.24. The summed E-state index contributed by atoms with van der Waals surface area (Å²) in [6, 6.07) is 3.08. The normalized spacial score (nSPS) is 19.7. The van der Waals surface area contributed by atoms with Crippen LogP contribution in [0.2, 0.25) is 0 Å². The lowest BCUT2D eigenvalue weighted by molar-refractivity contribution is -0.124. The Kier molecular flexibility index (Phi) is 5.78. The molecule has 0 aromatic heterocycles. The van der Waals surface area contributed by atoms with Gasteiger partial charge in [0.2, 0.25) is 0 Å². The van der Waals surface area contributed by atoms with Gasteiger partial charge in [-0.1, -0.05) is 19.9 Å². The van der Waals surface area contributed by atoms with E-state index < -0.39 is 11.4 Å². The molecule has 1 aromatic carbocycles. The molecule has 27 heavy (non-hydrogen) atoms. The van der Waals surface area contributed by atoms with Crippen LogP contribution in [-0.4, -0.2) is 40.2 Å². The molecule has 1 aliphatic rings. The van der Waals surface area contributed by atoms with Crippen molar-refractivity contribution < 1.29 is 14.0 Å². The topological polar surface area (TPSA) is 61.8 Å². The molecule has 0 spiro atoms. The van der Waals surface area contributed by atoms with E-state index in [0.717, 1.165) is 0 Å². The standard InChI is InChI=1S/C21H30FN3O2/c1-11(2)21(8)20(27)23-18(24-21)16-14(7)9-10-15(17(16)22)19(26)25(12(3)4)13(5)6/h9-13H,1-8H3,(H,23,24,27). The van der Waals surface area contributed by atoms with Crippen molar-refractivity contribution in [2.45, 2.75) is 73.0 Å². The van der Waals surface area contributed by atoms with Crippen LogP contribution in [0.5, 0.6) is 0 Å². The summed E-state index contributed by atoms with van der Waals surface area (Å²) in [4.78, 5) is 31.6. The number of hydrogen-bond acceptors (Lipinski definition) is 3. The minimum absolute atomic E-state index is 0.00639. The minimum Gasteiger partial charge on any atom is -0.334 e. The highest BCUT2D eigenvalue weighted by molar-refractivity contribution is 6.16. The molecule has 1 heterocycles. The van der Waals surface area contributed by atoms with Crippen LogP contribution in [-0.2, 0) is 4.79 Å². The molecule has 6 heteroatoms. The molecule has 1 unspecified atom stereocenters. The quantitative estimate of drug-likeness (QED) is 0.853. The second kappa shape index (κ2) is 7.41. The number of rotatable bonds is 5. The zero-order valence-electron chi connectivity index (χ0n) is 17.5. The van der Waals surface area contributed by atoms with Crippen LogP contribution in [0, 0.1) is 18.7 Å². The molecule has 0 saturated carbocycles. The van der Waals surface area contributed by atoms with Crippen LogP contribution >= 0.6 is 0 Å². The number of benzene rings is 1. The zero-order chi connectivity index (χ0) is 20.7. The van der Waals surface area contributed by atoms with Crippen LogP contribution in [0.25, 0.3) is 0 Å². The average Bonchev–Trinajstić information content (AvgIpc) is 2.83. The molecule has 1 N–H and O–H groups in total. The molecule has 0 aliphatic carbocycles. The Bertz CT molecular complexity index is 791. The number of amides is 2. The van der Waals surface area contributed by atoms with Gasteiger partial charge in [0, 0.05) is 12.1 Å². The molecular formula is C21H30FN3O2. The average molecular weight is 375 g/mol. The number of carbonyl (C=O) groups excluding carboxylic acids is 2. The van der Waals surface area contributed by atoms with E-state index in [0.29, 0.717) is 5.56 Å². The number of amidine groups is 1. The van der Waals surface area contributed by atoms with Crippen LogP contribution in [0.15, 0.2) is 17.1 Å². The van der Waals surface area contributed by atoms with Gasteiger partial charge in [0.15, 0.2) is 0 Å². The number of aliphatic imine (C=N–C) groups is 1. The molecule has 0 fully saturated rings. The van der Waals surface area contributed by atoms with Crippen LogP contribution < -0.4 is 5.32 Å². The fourth-order valence-electron chi connectivity index (χ4n) is 3.39. The molecule has 1 atom stereocenters. The zero-order valence-corrected chi connectivity index (χ0v) is 17.5. The van der Waals surface area contributed by atoms with Crippen molar-refractivity contribution in [3.8, 4) is 0 Å². The van der Waals surface area contributed by atoms with Gasteiger partial charge in [-0.25, -0.2) is 4.39 Å². The Balaban J connectivity index is 2.58. The van der Waals surface area contributed by atoms with Gasteiger partial charge < -0.3 is 10.2 Å². The molecular weight excluding hydrogens is 345 g/mol. The van der Waals surface area contributed by atoms with E-state index >= 15 is 4.39 Å². The predicted octanol–water partition coefficient (Wildman–Crippen LogP) is 3.68. The number of nitrogens with one attached hydrogen (secondary N) is 1. The van der Waals surface area contributed by atoms with Crippen LogP contribution in [0.4, 0.5) is 4.39 Å². The smallest absolute Gasteiger partial charge is 0.257 e. The number of nitrogens with zero attached hydrogens (tertiary/aromatic N) is 2. The molecule has 2 rings (SSSR count). The van der Waals surface area contributed by atoms with Crippen molar-refractivity contribution in [1.29, 1.82) is 0 Å². The molecule has 0 radical (unpaired) electrons. The third-order valence-corrected chi connectivity index (χ3v) is 5.32. The highest BCUT2D eigenvalue weighted by Crippen LogP contribution is 2.29. The molecule has 5 nitrogen and oxygen atoms in total. The van der Waals surface area contributed by atoms with E-state index in [1.54, 1.807) is 24.8 Å². The number of hydrogen-bond donors (Lipinski definition) is 1. The monoisotopic (exact) mass is 375 g/mol. The molecule has 1 aliphatic heterocycles. The van der Waals surface area contributed by atoms with E-state index in [1.165, 1.54) is 6.07 Å². The summed E-state index contributed by atoms with van der Waals surface area (Å²) >= 11 is 0. The summed E-state index contributed by atoms with van der Waals surface area (Å²) in [6.07, 6.45) is 0. The Labute approximate surface area is 161 Å². The number of aryl methyl sites for hydroxylation is 1. The van der Waals surface area contributed by atoms with Gasteiger partial charge in [-0.05, 0) is 59.1 Å². The van der Waals surface area contributed by atoms with Crippen LogP contribution in [0.1, 0.15) is 70.0 Å². The van der Waals surface area contributed by atoms with E-state index in [2.05, 4.69) is 10.3 Å². The first kappa shape index (κ1) is 21.1. The van der Waals surface area contributed by atoms with E-state index in [9.17, 15) is 9.59 Å². The summed E-state index contributed by atoms with van der Waals surface area (Å²) in [6.45, 7) is 14.9. The summed E-state index contributed by atoms with van der Waals surface area (Å²) in [5.41, 5.74) is -0.147. The van der Waals surface area contributed by atoms with Crippen molar-refractivity contribution in [1.82, 2.24) is 10.2 Å². The summed E-state index contributed by atoms with van der Waals surface area (Å²) < 4.78 is 15.4. The van der Waals surface area contributed by atoms with E-state index in [4.69, 9.17) is 0 Å². The largest absolute Gasteiger partial charge is 0.334 e. The van der Waals surface area contributed by atoms with Gasteiger partial charge in [0.25, 0.3) is 11.8 Å². The van der Waals surface area contributed by atoms with Crippen LogP contribution in [0.3, 0.4) is 0 Å². The first-order chi connectivity index (χ1) is 12.4. The second-order valence-electron chi connectivity index (χ2n) is 8.24. The van der Waals surface area contributed by atoms with E-state index in [-0.39, 0.29) is 46.8 Å². The maximum atomic E-state index is 15.4. The Morgan fingerprint density at radius 1 is 1.15 bits per heavy atom. The third-order valence-electron chi connectivity index (χ3n) is 5.32. The van der Waals surface area contributed by atoms with Crippen molar-refractivity contribution in [3.05, 3.63) is 34.6 Å². The van der Waals surface area contributed by atoms with Gasteiger partial charge in [0.1, 0.15) is 17.2 Å². The molecule has 0 bridgehead atoms. The Hall–Kier alpha value is -2.24. The van der Waals surface area contributed by atoms with Gasteiger partial charge >= 0.3 is 0 Å². The summed E-state index contributed by atoms with van der Waals surface area (Å²) in [7, 11) is 0. The van der Waals surface area contributed by atoms with Crippen molar-refractivity contribution >= 4 is 17.6 Å². The number of halogens is 1. The first-order valence-corrected chi connectivity index (χ1v) is 9.45. The van der Waals surface area contributed by atoms with Crippen molar-refractivity contribution in [2.75, 3.05) is 0 Å². The highest BCUT2D eigenvalue weighted by Gasteiger charge is 2.43. The fourth-order valence-corrected chi connectivity index (χ4v) is 3.39. The SMILES string of the molecule is Cc1ccc(C(=O)N(C(C)C)C(C)C)c(F)c1C1=NC(C)(C(C)C)C(=O)N1. The number of carbonyl (C=O) groups is 2. The van der Waals surface area contributed by atoms with Gasteiger partial charge in [-0.3, -0.25) is 14.6 Å². The predicted molar refractivity (Wildman–Crippen MR) is 106 cm³/mol. The highest BCUT2D eigenvalue weighted by atomic mass is 19.1. The minimum atomic E-state index is -0.948. The Morgan fingerprint density at radius 2 is 1.70 bits per heavy atom. The Morgan fingerprint density at radius 3 is 2.15 bits per heavy atom. The molecule has 148 valence electrons.